The molecular formula is C11H17NO. The fourth-order valence-corrected chi connectivity index (χ4v) is 1.19. The van der Waals surface area contributed by atoms with Gasteiger partial charge in [0, 0.05) is 11.8 Å². The zero-order chi connectivity index (χ0) is 10.1. The molecule has 2 heteroatoms. The second-order valence-electron chi connectivity index (χ2n) is 4.30. The van der Waals surface area contributed by atoms with E-state index in [2.05, 4.69) is 31.8 Å². The second-order valence-corrected chi connectivity index (χ2v) is 4.30. The molecule has 0 atom stereocenters. The van der Waals surface area contributed by atoms with Gasteiger partial charge in [-0.15, -0.1) is 0 Å². The Morgan fingerprint density at radius 3 is 2.31 bits per heavy atom. The lowest BCUT2D eigenvalue weighted by Gasteiger charge is -2.19. The summed E-state index contributed by atoms with van der Waals surface area (Å²) < 4.78 is 5.10. The van der Waals surface area contributed by atoms with Crippen LogP contribution in [-0.2, 0) is 5.41 Å². The van der Waals surface area contributed by atoms with Crippen molar-refractivity contribution in [2.24, 2.45) is 0 Å². The molecule has 0 aliphatic rings. The van der Waals surface area contributed by atoms with E-state index in [1.54, 1.807) is 7.11 Å². The van der Waals surface area contributed by atoms with Crippen LogP contribution in [0, 0.1) is 6.92 Å². The Hall–Kier alpha value is -1.05. The molecule has 0 saturated heterocycles. The Labute approximate surface area is 80.0 Å². The van der Waals surface area contributed by atoms with E-state index < -0.39 is 0 Å². The van der Waals surface area contributed by atoms with Crippen LogP contribution in [0.4, 0.5) is 0 Å². The van der Waals surface area contributed by atoms with Crippen LogP contribution in [0.5, 0.6) is 5.88 Å². The van der Waals surface area contributed by atoms with Crippen LogP contribution in [-0.4, -0.2) is 12.1 Å². The smallest absolute Gasteiger partial charge is 0.215 e. The highest BCUT2D eigenvalue weighted by Gasteiger charge is 2.15. The van der Waals surface area contributed by atoms with Gasteiger partial charge >= 0.3 is 0 Å². The van der Waals surface area contributed by atoms with Crippen molar-refractivity contribution < 1.29 is 4.74 Å². The minimum absolute atomic E-state index is 0.157. The minimum atomic E-state index is 0.157. The summed E-state index contributed by atoms with van der Waals surface area (Å²) in [4.78, 5) is 4.24. The average Bonchev–Trinajstić information content (AvgIpc) is 2.02. The monoisotopic (exact) mass is 179 g/mol. The molecule has 0 radical (unpaired) electrons. The number of aryl methyl sites for hydroxylation is 1. The van der Waals surface area contributed by atoms with Crippen LogP contribution in [0.1, 0.15) is 31.9 Å². The third kappa shape index (κ3) is 2.20. The molecule has 1 rings (SSSR count). The van der Waals surface area contributed by atoms with E-state index in [-0.39, 0.29) is 5.41 Å². The third-order valence-corrected chi connectivity index (χ3v) is 2.09. The van der Waals surface area contributed by atoms with Crippen molar-refractivity contribution in [1.82, 2.24) is 4.98 Å². The fraction of sp³-hybridized carbons (Fsp3) is 0.545. The van der Waals surface area contributed by atoms with E-state index in [9.17, 15) is 0 Å². The Kier molecular flexibility index (Phi) is 2.60. The largest absolute Gasteiger partial charge is 0.481 e. The Morgan fingerprint density at radius 2 is 1.92 bits per heavy atom. The topological polar surface area (TPSA) is 22.1 Å². The molecule has 0 saturated carbocycles. The van der Waals surface area contributed by atoms with E-state index in [4.69, 9.17) is 4.74 Å². The average molecular weight is 179 g/mol. The maximum atomic E-state index is 5.10. The van der Waals surface area contributed by atoms with Crippen molar-refractivity contribution in [3.63, 3.8) is 0 Å². The van der Waals surface area contributed by atoms with Crippen molar-refractivity contribution in [1.29, 1.82) is 0 Å². The summed E-state index contributed by atoms with van der Waals surface area (Å²) >= 11 is 0. The minimum Gasteiger partial charge on any atom is -0.481 e. The summed E-state index contributed by atoms with van der Waals surface area (Å²) in [6, 6.07) is 2.13. The zero-order valence-corrected chi connectivity index (χ0v) is 9.01. The molecule has 1 aromatic rings. The zero-order valence-electron chi connectivity index (χ0n) is 9.01. The molecule has 0 unspecified atom stereocenters. The number of pyridine rings is 1. The molecule has 0 aliphatic carbocycles. The van der Waals surface area contributed by atoms with Crippen LogP contribution in [0.2, 0.25) is 0 Å². The number of nitrogens with zero attached hydrogens (tertiary/aromatic N) is 1. The molecule has 2 nitrogen and oxygen atoms in total. The van der Waals surface area contributed by atoms with Crippen LogP contribution in [0.3, 0.4) is 0 Å². The Balaban J connectivity index is 3.10. The summed E-state index contributed by atoms with van der Waals surface area (Å²) in [5.41, 5.74) is 2.49. The van der Waals surface area contributed by atoms with Crippen LogP contribution < -0.4 is 4.74 Å². The molecule has 0 aliphatic heterocycles. The van der Waals surface area contributed by atoms with E-state index in [0.29, 0.717) is 5.88 Å². The van der Waals surface area contributed by atoms with Crippen LogP contribution >= 0.6 is 0 Å². The lowest BCUT2D eigenvalue weighted by Crippen LogP contribution is -2.12. The van der Waals surface area contributed by atoms with Gasteiger partial charge in [-0.3, -0.25) is 0 Å². The third-order valence-electron chi connectivity index (χ3n) is 2.09. The predicted molar refractivity (Wildman–Crippen MR) is 54.2 cm³/mol. The van der Waals surface area contributed by atoms with Gasteiger partial charge in [0.2, 0.25) is 5.88 Å². The summed E-state index contributed by atoms with van der Waals surface area (Å²) in [6.07, 6.45) is 1.88. The van der Waals surface area contributed by atoms with Crippen molar-refractivity contribution in [2.45, 2.75) is 33.1 Å². The lowest BCUT2D eigenvalue weighted by molar-refractivity contribution is 0.393. The van der Waals surface area contributed by atoms with Crippen molar-refractivity contribution in [2.75, 3.05) is 7.11 Å². The van der Waals surface area contributed by atoms with Gasteiger partial charge in [0.1, 0.15) is 0 Å². The van der Waals surface area contributed by atoms with Gasteiger partial charge in [0.05, 0.1) is 7.11 Å². The molecule has 1 aromatic heterocycles. The molecule has 0 fully saturated rings. The van der Waals surface area contributed by atoms with E-state index in [0.717, 1.165) is 5.56 Å². The quantitative estimate of drug-likeness (QED) is 0.661. The first-order valence-electron chi connectivity index (χ1n) is 4.46. The number of methoxy groups -OCH3 is 1. The van der Waals surface area contributed by atoms with Gasteiger partial charge in [-0.2, -0.15) is 0 Å². The van der Waals surface area contributed by atoms with Gasteiger partial charge in [0.15, 0.2) is 0 Å². The first kappa shape index (κ1) is 10.0. The predicted octanol–water partition coefficient (Wildman–Crippen LogP) is 2.70. The van der Waals surface area contributed by atoms with E-state index in [1.165, 1.54) is 5.56 Å². The number of hydrogen-bond donors (Lipinski definition) is 0. The molecule has 0 aromatic carbocycles. The van der Waals surface area contributed by atoms with E-state index in [1.807, 2.05) is 13.1 Å². The summed E-state index contributed by atoms with van der Waals surface area (Å²) in [7, 11) is 1.64. The maximum absolute atomic E-state index is 5.10. The van der Waals surface area contributed by atoms with Gasteiger partial charge in [-0.05, 0) is 24.0 Å². The molecular weight excluding hydrogens is 162 g/mol. The fourth-order valence-electron chi connectivity index (χ4n) is 1.19. The normalized spacial score (nSPS) is 11.5. The summed E-state index contributed by atoms with van der Waals surface area (Å²) in [5, 5.41) is 0. The molecule has 72 valence electrons. The maximum Gasteiger partial charge on any atom is 0.215 e. The standard InChI is InChI=1S/C11H17NO/c1-8-6-9(11(2,3)4)7-12-10(8)13-5/h6-7H,1-5H3. The summed E-state index contributed by atoms with van der Waals surface area (Å²) in [5.74, 6) is 0.716. The summed E-state index contributed by atoms with van der Waals surface area (Å²) in [6.45, 7) is 8.54. The van der Waals surface area contributed by atoms with Crippen LogP contribution in [0.15, 0.2) is 12.3 Å². The van der Waals surface area contributed by atoms with Crippen molar-refractivity contribution in [3.05, 3.63) is 23.4 Å². The van der Waals surface area contributed by atoms with E-state index >= 15 is 0 Å². The number of hydrogen-bond acceptors (Lipinski definition) is 2. The number of rotatable bonds is 1. The van der Waals surface area contributed by atoms with Crippen LogP contribution in [0.25, 0.3) is 0 Å². The molecule has 0 spiro atoms. The Morgan fingerprint density at radius 1 is 1.31 bits per heavy atom. The van der Waals surface area contributed by atoms with Gasteiger partial charge in [0.25, 0.3) is 0 Å². The molecule has 1 heterocycles. The first-order chi connectivity index (χ1) is 5.95. The molecule has 0 amide bonds. The van der Waals surface area contributed by atoms with Gasteiger partial charge in [-0.1, -0.05) is 20.8 Å². The highest BCUT2D eigenvalue weighted by molar-refractivity contribution is 5.31. The van der Waals surface area contributed by atoms with Crippen molar-refractivity contribution in [3.8, 4) is 5.88 Å². The number of ether oxygens (including phenoxy) is 1. The number of aromatic nitrogens is 1. The molecule has 0 N–H and O–H groups in total. The van der Waals surface area contributed by atoms with Gasteiger partial charge < -0.3 is 4.74 Å². The second kappa shape index (κ2) is 3.36. The highest BCUT2D eigenvalue weighted by atomic mass is 16.5. The molecule has 0 bridgehead atoms. The molecule has 13 heavy (non-hydrogen) atoms. The lowest BCUT2D eigenvalue weighted by atomic mass is 9.88. The first-order valence-corrected chi connectivity index (χ1v) is 4.46. The SMILES string of the molecule is COc1ncc(C(C)(C)C)cc1C. The van der Waals surface area contributed by atoms with Crippen molar-refractivity contribution >= 4 is 0 Å². The Bertz CT molecular complexity index is 299. The van der Waals surface area contributed by atoms with Gasteiger partial charge in [-0.25, -0.2) is 4.98 Å². The highest BCUT2D eigenvalue weighted by Crippen LogP contribution is 2.24.